The summed E-state index contributed by atoms with van der Waals surface area (Å²) in [6, 6.07) is 7.73. The van der Waals surface area contributed by atoms with E-state index >= 15 is 0 Å². The van der Waals surface area contributed by atoms with E-state index in [1.165, 1.54) is 0 Å². The molecule has 0 radical (unpaired) electrons. The molecule has 2 N–H and O–H groups in total. The van der Waals surface area contributed by atoms with Crippen molar-refractivity contribution in [2.75, 3.05) is 13.1 Å². The van der Waals surface area contributed by atoms with Crippen LogP contribution in [-0.4, -0.2) is 28.8 Å². The van der Waals surface area contributed by atoms with Crippen molar-refractivity contribution in [3.63, 3.8) is 0 Å². The van der Waals surface area contributed by atoms with Crippen LogP contribution in [0.1, 0.15) is 32.0 Å². The molecule has 0 atom stereocenters. The van der Waals surface area contributed by atoms with Gasteiger partial charge in [0.25, 0.3) is 0 Å². The van der Waals surface area contributed by atoms with Gasteiger partial charge in [0.15, 0.2) is 5.96 Å². The molecular weight excluding hydrogens is 484 g/mol. The number of hydrogen-bond donors (Lipinski definition) is 2. The fourth-order valence-electron chi connectivity index (χ4n) is 2.38. The molecule has 0 aliphatic rings. The van der Waals surface area contributed by atoms with Gasteiger partial charge in [-0.1, -0.05) is 43.1 Å². The number of benzene rings is 1. The summed E-state index contributed by atoms with van der Waals surface area (Å²) in [6.45, 7) is 8.44. The molecule has 0 spiro atoms. The van der Waals surface area contributed by atoms with Crippen LogP contribution in [-0.2, 0) is 19.0 Å². The maximum Gasteiger partial charge on any atom is 0.191 e. The van der Waals surface area contributed by atoms with Crippen LogP contribution in [0.25, 0.3) is 0 Å². The Kier molecular flexibility index (Phi) is 9.19. The molecule has 0 fully saturated rings. The van der Waals surface area contributed by atoms with E-state index in [4.69, 9.17) is 23.2 Å². The van der Waals surface area contributed by atoms with Crippen LogP contribution in [0.3, 0.4) is 0 Å². The molecule has 0 saturated heterocycles. The van der Waals surface area contributed by atoms with Gasteiger partial charge >= 0.3 is 0 Å². The van der Waals surface area contributed by atoms with E-state index in [1.54, 1.807) is 6.20 Å². The Morgan fingerprint density at radius 2 is 1.92 bits per heavy atom. The molecule has 2 rings (SSSR count). The first-order valence-electron chi connectivity index (χ1n) is 8.28. The normalized spacial score (nSPS) is 11.8. The third kappa shape index (κ3) is 6.32. The topological polar surface area (TPSA) is 54.2 Å². The minimum absolute atomic E-state index is 0. The lowest BCUT2D eigenvalue weighted by molar-refractivity contribution is 0.508. The van der Waals surface area contributed by atoms with Crippen LogP contribution in [0.15, 0.2) is 35.5 Å². The third-order valence-electron chi connectivity index (χ3n) is 4.06. The molecule has 2 aromatic rings. The van der Waals surface area contributed by atoms with Gasteiger partial charge in [-0.3, -0.25) is 4.68 Å². The first-order valence-corrected chi connectivity index (χ1v) is 9.03. The summed E-state index contributed by atoms with van der Waals surface area (Å²) in [5.74, 6) is 0.775. The zero-order chi connectivity index (χ0) is 18.4. The summed E-state index contributed by atoms with van der Waals surface area (Å²) in [5.41, 5.74) is 2.05. The Hall–Kier alpha value is -0.990. The molecule has 8 heteroatoms. The molecule has 144 valence electrons. The fraction of sp³-hybridized carbons (Fsp3) is 0.444. The summed E-state index contributed by atoms with van der Waals surface area (Å²) in [7, 11) is 1.92. The predicted octanol–water partition coefficient (Wildman–Crippen LogP) is 4.38. The van der Waals surface area contributed by atoms with Crippen molar-refractivity contribution in [1.82, 2.24) is 20.4 Å². The van der Waals surface area contributed by atoms with Gasteiger partial charge in [0.1, 0.15) is 0 Å². The second-order valence-corrected chi connectivity index (χ2v) is 7.32. The summed E-state index contributed by atoms with van der Waals surface area (Å²) >= 11 is 12.2. The van der Waals surface area contributed by atoms with Gasteiger partial charge in [0.2, 0.25) is 0 Å². The molecule has 0 saturated carbocycles. The lowest BCUT2D eigenvalue weighted by Crippen LogP contribution is -2.43. The van der Waals surface area contributed by atoms with Crippen molar-refractivity contribution in [2.45, 2.75) is 32.7 Å². The van der Waals surface area contributed by atoms with E-state index in [-0.39, 0.29) is 29.4 Å². The molecule has 1 aromatic heterocycles. The van der Waals surface area contributed by atoms with Crippen LogP contribution in [0, 0.1) is 0 Å². The standard InChI is InChI=1S/C18H25Cl2N5.HI/c1-5-21-17(22-11-14-8-9-24-25(14)4)23-12-18(2,3)13-6-7-15(19)16(20)10-13;/h6-10H,5,11-12H2,1-4H3,(H2,21,22,23);1H. The van der Waals surface area contributed by atoms with E-state index in [0.29, 0.717) is 23.1 Å². The van der Waals surface area contributed by atoms with E-state index < -0.39 is 0 Å². The molecular formula is C18H26Cl2IN5. The number of halogens is 3. The number of nitrogens with one attached hydrogen (secondary N) is 2. The summed E-state index contributed by atoms with van der Waals surface area (Å²) in [4.78, 5) is 4.63. The maximum absolute atomic E-state index is 6.16. The average molecular weight is 510 g/mol. The number of aryl methyl sites for hydroxylation is 1. The maximum atomic E-state index is 6.16. The predicted molar refractivity (Wildman–Crippen MR) is 121 cm³/mol. The van der Waals surface area contributed by atoms with Gasteiger partial charge in [0, 0.05) is 31.7 Å². The second kappa shape index (κ2) is 10.4. The SMILES string of the molecule is CCNC(=NCc1ccnn1C)NCC(C)(C)c1ccc(Cl)c(Cl)c1.I. The molecule has 0 aliphatic carbocycles. The van der Waals surface area contributed by atoms with E-state index in [1.807, 2.05) is 42.9 Å². The minimum atomic E-state index is -0.128. The van der Waals surface area contributed by atoms with Crippen molar-refractivity contribution >= 4 is 53.1 Å². The monoisotopic (exact) mass is 509 g/mol. The van der Waals surface area contributed by atoms with Crippen LogP contribution in [0.2, 0.25) is 10.0 Å². The summed E-state index contributed by atoms with van der Waals surface area (Å²) < 4.78 is 1.83. The van der Waals surface area contributed by atoms with Gasteiger partial charge < -0.3 is 10.6 Å². The third-order valence-corrected chi connectivity index (χ3v) is 4.80. The molecule has 5 nitrogen and oxygen atoms in total. The van der Waals surface area contributed by atoms with E-state index in [0.717, 1.165) is 23.8 Å². The van der Waals surface area contributed by atoms with Crippen molar-refractivity contribution in [3.05, 3.63) is 51.8 Å². The zero-order valence-electron chi connectivity index (χ0n) is 15.5. The molecule has 0 bridgehead atoms. The molecule has 1 aromatic carbocycles. The Labute approximate surface area is 182 Å². The van der Waals surface area contributed by atoms with Gasteiger partial charge in [-0.15, -0.1) is 24.0 Å². The number of nitrogens with zero attached hydrogens (tertiary/aromatic N) is 3. The highest BCUT2D eigenvalue weighted by atomic mass is 127. The highest BCUT2D eigenvalue weighted by molar-refractivity contribution is 14.0. The molecule has 26 heavy (non-hydrogen) atoms. The Bertz CT molecular complexity index is 743. The van der Waals surface area contributed by atoms with Gasteiger partial charge in [-0.25, -0.2) is 4.99 Å². The smallest absolute Gasteiger partial charge is 0.191 e. The van der Waals surface area contributed by atoms with Crippen LogP contribution < -0.4 is 10.6 Å². The van der Waals surface area contributed by atoms with Crippen LogP contribution in [0.5, 0.6) is 0 Å². The first kappa shape index (κ1) is 23.0. The van der Waals surface area contributed by atoms with Crippen molar-refractivity contribution < 1.29 is 0 Å². The van der Waals surface area contributed by atoms with E-state index in [2.05, 4.69) is 34.6 Å². The number of aromatic nitrogens is 2. The summed E-state index contributed by atoms with van der Waals surface area (Å²) in [5, 5.41) is 12.0. The quantitative estimate of drug-likeness (QED) is 0.345. The van der Waals surface area contributed by atoms with Crippen LogP contribution >= 0.6 is 47.2 Å². The Balaban J connectivity index is 0.00000338. The molecule has 1 heterocycles. The average Bonchev–Trinajstić information content (AvgIpc) is 2.98. The minimum Gasteiger partial charge on any atom is -0.357 e. The largest absolute Gasteiger partial charge is 0.357 e. The molecule has 0 amide bonds. The second-order valence-electron chi connectivity index (χ2n) is 6.51. The fourth-order valence-corrected chi connectivity index (χ4v) is 2.68. The van der Waals surface area contributed by atoms with Gasteiger partial charge in [0.05, 0.1) is 22.3 Å². The van der Waals surface area contributed by atoms with Crippen LogP contribution in [0.4, 0.5) is 0 Å². The van der Waals surface area contributed by atoms with Crippen molar-refractivity contribution in [2.24, 2.45) is 12.0 Å². The van der Waals surface area contributed by atoms with Gasteiger partial charge in [-0.05, 0) is 30.7 Å². The van der Waals surface area contributed by atoms with Gasteiger partial charge in [-0.2, -0.15) is 5.10 Å². The number of aliphatic imine (C=N–C) groups is 1. The van der Waals surface area contributed by atoms with Crippen molar-refractivity contribution in [1.29, 1.82) is 0 Å². The number of rotatable bonds is 6. The summed E-state index contributed by atoms with van der Waals surface area (Å²) in [6.07, 6.45) is 1.78. The lowest BCUT2D eigenvalue weighted by atomic mass is 9.84. The van der Waals surface area contributed by atoms with E-state index in [9.17, 15) is 0 Å². The number of hydrogen-bond acceptors (Lipinski definition) is 2. The Morgan fingerprint density at radius 1 is 1.19 bits per heavy atom. The zero-order valence-corrected chi connectivity index (χ0v) is 19.4. The number of guanidine groups is 1. The lowest BCUT2D eigenvalue weighted by Gasteiger charge is -2.27. The first-order chi connectivity index (χ1) is 11.8. The van der Waals surface area contributed by atoms with Crippen molar-refractivity contribution in [3.8, 4) is 0 Å². The molecule has 0 aliphatic heterocycles. The highest BCUT2D eigenvalue weighted by Crippen LogP contribution is 2.29. The highest BCUT2D eigenvalue weighted by Gasteiger charge is 2.22. The molecule has 0 unspecified atom stereocenters. The Morgan fingerprint density at radius 3 is 2.50 bits per heavy atom.